The predicted octanol–water partition coefficient (Wildman–Crippen LogP) is 1.61. The average molecular weight is 414 g/mol. The number of halogens is 3. The normalized spacial score (nSPS) is 12.1. The lowest BCUT2D eigenvalue weighted by molar-refractivity contribution is 0.121. The van der Waals surface area contributed by atoms with Crippen molar-refractivity contribution in [1.82, 2.24) is 19.7 Å². The zero-order chi connectivity index (χ0) is 14.9. The molecule has 0 saturated carbocycles. The fourth-order valence-electron chi connectivity index (χ4n) is 1.47. The molecule has 0 atom stereocenters. The van der Waals surface area contributed by atoms with E-state index in [-0.39, 0.29) is 5.16 Å². The molecule has 0 radical (unpaired) electrons. The van der Waals surface area contributed by atoms with Crippen LogP contribution in [0.4, 0.5) is 8.78 Å². The molecule has 10 heteroatoms. The van der Waals surface area contributed by atoms with Gasteiger partial charge in [-0.3, -0.25) is 4.68 Å². The molecule has 0 N–H and O–H groups in total. The summed E-state index contributed by atoms with van der Waals surface area (Å²) in [5.41, 5.74) is 0.809. The summed E-state index contributed by atoms with van der Waals surface area (Å²) in [6.45, 7) is -0.528. The monoisotopic (exact) mass is 414 g/mol. The first-order valence-electron chi connectivity index (χ1n) is 5.32. The van der Waals surface area contributed by atoms with Crippen molar-refractivity contribution in [3.05, 3.63) is 22.2 Å². The summed E-state index contributed by atoms with van der Waals surface area (Å²) < 4.78 is 49.0. The molecule has 0 fully saturated rings. The van der Waals surface area contributed by atoms with Crippen LogP contribution in [-0.4, -0.2) is 40.8 Å². The van der Waals surface area contributed by atoms with Crippen molar-refractivity contribution in [2.45, 2.75) is 18.1 Å². The molecule has 0 spiro atoms. The molecule has 108 valence electrons. The van der Waals surface area contributed by atoms with Gasteiger partial charge in [-0.05, 0) is 28.7 Å². The van der Waals surface area contributed by atoms with Crippen LogP contribution in [-0.2, 0) is 16.4 Å². The van der Waals surface area contributed by atoms with Crippen LogP contribution in [0, 0.1) is 3.70 Å². The minimum atomic E-state index is -3.53. The summed E-state index contributed by atoms with van der Waals surface area (Å²) in [6, 6.07) is 1.50. The Bertz CT molecular complexity index is 733. The molecule has 20 heavy (non-hydrogen) atoms. The lowest BCUT2D eigenvalue weighted by atomic mass is 10.2. The van der Waals surface area contributed by atoms with Gasteiger partial charge in [-0.2, -0.15) is 5.10 Å². The Morgan fingerprint density at radius 2 is 2.15 bits per heavy atom. The van der Waals surface area contributed by atoms with E-state index in [0.29, 0.717) is 15.0 Å². The highest BCUT2D eigenvalue weighted by atomic mass is 127. The number of hydrogen-bond acceptors (Lipinski definition) is 5. The van der Waals surface area contributed by atoms with Crippen LogP contribution in [0.3, 0.4) is 0 Å². The van der Waals surface area contributed by atoms with Crippen LogP contribution in [0.5, 0.6) is 0 Å². The molecule has 2 aromatic heterocycles. The van der Waals surface area contributed by atoms with Gasteiger partial charge in [0.05, 0.1) is 11.3 Å². The van der Waals surface area contributed by atoms with Gasteiger partial charge in [-0.25, -0.2) is 27.2 Å². The lowest BCUT2D eigenvalue weighted by Crippen LogP contribution is -2.06. The Kier molecular flexibility index (Phi) is 4.32. The van der Waals surface area contributed by atoms with E-state index in [1.165, 1.54) is 18.5 Å². The summed E-state index contributed by atoms with van der Waals surface area (Å²) in [7, 11) is -3.53. The van der Waals surface area contributed by atoms with Crippen molar-refractivity contribution >= 4 is 32.4 Å². The molecular weight excluding hydrogens is 405 g/mol. The standard InChI is InChI=1S/C10H9F2IN4O2S/c1-20(18,19)10-14-3-2-7(15-10)6-4-17(5-8(11)12)16-9(6)13/h2-4,8H,5H2,1H3. The molecule has 2 aromatic rings. The predicted molar refractivity (Wildman–Crippen MR) is 75.1 cm³/mol. The van der Waals surface area contributed by atoms with Gasteiger partial charge in [-0.1, -0.05) is 0 Å². The number of sulfone groups is 1. The highest BCUT2D eigenvalue weighted by Gasteiger charge is 2.16. The first-order valence-corrected chi connectivity index (χ1v) is 8.29. The van der Waals surface area contributed by atoms with Gasteiger partial charge >= 0.3 is 0 Å². The Balaban J connectivity index is 2.44. The van der Waals surface area contributed by atoms with Gasteiger partial charge in [-0.15, -0.1) is 0 Å². The van der Waals surface area contributed by atoms with Gasteiger partial charge in [0.1, 0.15) is 10.2 Å². The number of rotatable bonds is 4. The fraction of sp³-hybridized carbons (Fsp3) is 0.300. The van der Waals surface area contributed by atoms with Crippen LogP contribution in [0.2, 0.25) is 0 Å². The van der Waals surface area contributed by atoms with Crippen molar-refractivity contribution in [3.63, 3.8) is 0 Å². The largest absolute Gasteiger partial charge is 0.265 e. The SMILES string of the molecule is CS(=O)(=O)c1nccc(-c2cn(CC(F)F)nc2I)n1. The van der Waals surface area contributed by atoms with Gasteiger partial charge in [0.15, 0.2) is 0 Å². The molecule has 0 bridgehead atoms. The van der Waals surface area contributed by atoms with Crippen LogP contribution in [0.15, 0.2) is 23.6 Å². The smallest absolute Gasteiger partial charge is 0.257 e. The van der Waals surface area contributed by atoms with Gasteiger partial charge in [0.2, 0.25) is 15.0 Å². The number of alkyl halides is 2. The van der Waals surface area contributed by atoms with Crippen molar-refractivity contribution in [3.8, 4) is 11.3 Å². The quantitative estimate of drug-likeness (QED) is 0.562. The molecule has 0 aliphatic carbocycles. The first-order chi connectivity index (χ1) is 9.27. The summed E-state index contributed by atoms with van der Waals surface area (Å²) in [5, 5.41) is 3.62. The van der Waals surface area contributed by atoms with E-state index in [1.807, 2.05) is 22.6 Å². The zero-order valence-electron chi connectivity index (χ0n) is 10.2. The molecule has 0 aromatic carbocycles. The first kappa shape index (κ1) is 15.2. The van der Waals surface area contributed by atoms with Crippen LogP contribution in [0.25, 0.3) is 11.3 Å². The molecule has 0 aliphatic rings. The summed E-state index contributed by atoms with van der Waals surface area (Å²) in [4.78, 5) is 7.60. The molecule has 0 saturated heterocycles. The Labute approximate surface area is 127 Å². The maximum Gasteiger partial charge on any atom is 0.257 e. The highest BCUT2D eigenvalue weighted by Crippen LogP contribution is 2.23. The number of hydrogen-bond donors (Lipinski definition) is 0. The highest BCUT2D eigenvalue weighted by molar-refractivity contribution is 14.1. The second kappa shape index (κ2) is 5.68. The number of nitrogens with zero attached hydrogens (tertiary/aromatic N) is 4. The maximum absolute atomic E-state index is 12.3. The van der Waals surface area contributed by atoms with E-state index in [1.54, 1.807) is 0 Å². The second-order valence-corrected chi connectivity index (χ2v) is 6.87. The summed E-state index contributed by atoms with van der Waals surface area (Å²) >= 11 is 1.88. The fourth-order valence-corrected chi connectivity index (χ4v) is 2.68. The van der Waals surface area contributed by atoms with E-state index in [4.69, 9.17) is 0 Å². The summed E-state index contributed by atoms with van der Waals surface area (Å²) in [6.07, 6.45) is 1.19. The molecular formula is C10H9F2IN4O2S. The average Bonchev–Trinajstić information content (AvgIpc) is 2.68. The third kappa shape index (κ3) is 3.48. The van der Waals surface area contributed by atoms with Crippen LogP contribution >= 0.6 is 22.6 Å². The molecule has 0 unspecified atom stereocenters. The summed E-state index contributed by atoms with van der Waals surface area (Å²) in [5.74, 6) is 0. The topological polar surface area (TPSA) is 77.7 Å². The van der Waals surface area contributed by atoms with Crippen molar-refractivity contribution in [1.29, 1.82) is 0 Å². The van der Waals surface area contributed by atoms with Crippen molar-refractivity contribution < 1.29 is 17.2 Å². The van der Waals surface area contributed by atoms with Gasteiger partial charge in [0.25, 0.3) is 6.43 Å². The van der Waals surface area contributed by atoms with Gasteiger partial charge < -0.3 is 0 Å². The van der Waals surface area contributed by atoms with E-state index in [9.17, 15) is 17.2 Å². The molecule has 0 amide bonds. The van der Waals surface area contributed by atoms with Crippen LogP contribution in [0.1, 0.15) is 0 Å². The zero-order valence-corrected chi connectivity index (χ0v) is 13.1. The van der Waals surface area contributed by atoms with E-state index < -0.39 is 22.8 Å². The number of aromatic nitrogens is 4. The minimum absolute atomic E-state index is 0.313. The van der Waals surface area contributed by atoms with Crippen molar-refractivity contribution in [2.75, 3.05) is 6.26 Å². The third-order valence-corrected chi connectivity index (χ3v) is 3.94. The molecule has 2 heterocycles. The Morgan fingerprint density at radius 3 is 2.75 bits per heavy atom. The van der Waals surface area contributed by atoms with Gasteiger partial charge in [0, 0.05) is 18.6 Å². The molecule has 2 rings (SSSR count). The Hall–Kier alpha value is -1.17. The lowest BCUT2D eigenvalue weighted by Gasteiger charge is -2.00. The maximum atomic E-state index is 12.3. The van der Waals surface area contributed by atoms with Crippen molar-refractivity contribution in [2.24, 2.45) is 0 Å². The molecule has 6 nitrogen and oxygen atoms in total. The van der Waals surface area contributed by atoms with Crippen LogP contribution < -0.4 is 0 Å². The third-order valence-electron chi connectivity index (χ3n) is 2.28. The van der Waals surface area contributed by atoms with E-state index >= 15 is 0 Å². The van der Waals surface area contributed by atoms with E-state index in [0.717, 1.165) is 10.9 Å². The molecule has 0 aliphatic heterocycles. The second-order valence-electron chi connectivity index (χ2n) is 3.94. The Morgan fingerprint density at radius 1 is 1.45 bits per heavy atom. The van der Waals surface area contributed by atoms with E-state index in [2.05, 4.69) is 15.1 Å². The minimum Gasteiger partial charge on any atom is -0.265 e.